The molecule has 2 aromatic carbocycles. The Morgan fingerprint density at radius 3 is 2.78 bits per heavy atom. The topological polar surface area (TPSA) is 51.9 Å². The van der Waals surface area contributed by atoms with Crippen molar-refractivity contribution in [2.24, 2.45) is 0 Å². The van der Waals surface area contributed by atoms with Gasteiger partial charge < -0.3 is 13.9 Å². The summed E-state index contributed by atoms with van der Waals surface area (Å²) in [6.07, 6.45) is 0.921. The average Bonchev–Trinajstić information content (AvgIpc) is 2.68. The van der Waals surface area contributed by atoms with Gasteiger partial charge in [0.1, 0.15) is 18.1 Å². The molecule has 5 nitrogen and oxygen atoms in total. The molecule has 0 atom stereocenters. The number of rotatable bonds is 5. The largest absolute Gasteiger partial charge is 0.478 e. The molecule has 0 bridgehead atoms. The molecule has 0 aliphatic carbocycles. The minimum atomic E-state index is -0.366. The number of benzene rings is 2. The summed E-state index contributed by atoms with van der Waals surface area (Å²) >= 11 is 5.94. The Labute approximate surface area is 162 Å². The van der Waals surface area contributed by atoms with Gasteiger partial charge in [0.15, 0.2) is 0 Å². The first-order valence-corrected chi connectivity index (χ1v) is 9.23. The maximum Gasteiger partial charge on any atom is 0.344 e. The molecule has 0 N–H and O–H groups in total. The molecule has 0 unspecified atom stereocenters. The Morgan fingerprint density at radius 2 is 2.00 bits per heavy atom. The fourth-order valence-corrected chi connectivity index (χ4v) is 3.47. The van der Waals surface area contributed by atoms with Crippen LogP contribution in [0.1, 0.15) is 12.0 Å². The van der Waals surface area contributed by atoms with Crippen LogP contribution in [0.3, 0.4) is 0 Å². The van der Waals surface area contributed by atoms with Crippen molar-refractivity contribution >= 4 is 22.6 Å². The van der Waals surface area contributed by atoms with Crippen LogP contribution >= 0.6 is 11.6 Å². The Hall–Kier alpha value is -2.34. The predicted molar refractivity (Wildman–Crippen MR) is 105 cm³/mol. The van der Waals surface area contributed by atoms with Crippen molar-refractivity contribution in [3.05, 3.63) is 63.5 Å². The predicted octanol–water partition coefficient (Wildman–Crippen LogP) is 4.30. The van der Waals surface area contributed by atoms with Crippen LogP contribution in [0.15, 0.2) is 51.7 Å². The average molecular weight is 386 g/mol. The summed E-state index contributed by atoms with van der Waals surface area (Å²) in [5.41, 5.74) is 2.44. The summed E-state index contributed by atoms with van der Waals surface area (Å²) in [6.45, 7) is 2.77. The van der Waals surface area contributed by atoms with Crippen LogP contribution in [0.25, 0.3) is 22.1 Å². The van der Waals surface area contributed by atoms with Gasteiger partial charge in [0.2, 0.25) is 0 Å². The first kappa shape index (κ1) is 18.0. The second kappa shape index (κ2) is 7.72. The Morgan fingerprint density at radius 1 is 1.19 bits per heavy atom. The van der Waals surface area contributed by atoms with E-state index in [1.54, 1.807) is 19.2 Å². The van der Waals surface area contributed by atoms with Gasteiger partial charge >= 0.3 is 5.63 Å². The van der Waals surface area contributed by atoms with Gasteiger partial charge in [-0.25, -0.2) is 4.79 Å². The lowest BCUT2D eigenvalue weighted by Crippen LogP contribution is -2.33. The van der Waals surface area contributed by atoms with Crippen molar-refractivity contribution in [1.82, 2.24) is 4.90 Å². The number of hydrogen-bond acceptors (Lipinski definition) is 5. The summed E-state index contributed by atoms with van der Waals surface area (Å²) in [5, 5.41) is 1.50. The monoisotopic (exact) mass is 385 g/mol. The van der Waals surface area contributed by atoms with E-state index in [9.17, 15) is 4.79 Å². The standard InChI is InChI=1S/C21H20ClNO4/c1-25-10-2-9-23-12-18-19(26-13-23)8-5-15-11-17(21(24)27-20(15)18)14-3-6-16(22)7-4-14/h3-8,11H,2,9-10,12-13H2,1H3. The molecular formula is C21H20ClNO4. The molecule has 0 saturated carbocycles. The van der Waals surface area contributed by atoms with Gasteiger partial charge in [-0.05, 0) is 42.3 Å². The number of methoxy groups -OCH3 is 1. The highest BCUT2D eigenvalue weighted by Gasteiger charge is 2.22. The van der Waals surface area contributed by atoms with E-state index in [0.29, 0.717) is 36.1 Å². The smallest absolute Gasteiger partial charge is 0.344 e. The molecule has 1 aliphatic heterocycles. The lowest BCUT2D eigenvalue weighted by molar-refractivity contribution is 0.0837. The summed E-state index contributed by atoms with van der Waals surface area (Å²) < 4.78 is 16.7. The lowest BCUT2D eigenvalue weighted by Gasteiger charge is -2.29. The van der Waals surface area contributed by atoms with Crippen LogP contribution in [-0.4, -0.2) is 31.9 Å². The van der Waals surface area contributed by atoms with E-state index in [4.69, 9.17) is 25.5 Å². The Balaban J connectivity index is 1.71. The van der Waals surface area contributed by atoms with Crippen molar-refractivity contribution in [3.63, 3.8) is 0 Å². The molecule has 0 spiro atoms. The fourth-order valence-electron chi connectivity index (χ4n) is 3.35. The van der Waals surface area contributed by atoms with Crippen molar-refractivity contribution in [2.45, 2.75) is 13.0 Å². The first-order chi connectivity index (χ1) is 13.2. The molecule has 0 radical (unpaired) electrons. The van der Waals surface area contributed by atoms with Crippen molar-refractivity contribution in [3.8, 4) is 16.9 Å². The van der Waals surface area contributed by atoms with Gasteiger partial charge in [0, 0.05) is 37.2 Å². The number of hydrogen-bond donors (Lipinski definition) is 0. The minimum Gasteiger partial charge on any atom is -0.478 e. The summed E-state index contributed by atoms with van der Waals surface area (Å²) in [4.78, 5) is 14.8. The Kier molecular flexibility index (Phi) is 5.16. The van der Waals surface area contributed by atoms with E-state index < -0.39 is 0 Å². The first-order valence-electron chi connectivity index (χ1n) is 8.85. The summed E-state index contributed by atoms with van der Waals surface area (Å²) in [7, 11) is 1.70. The van der Waals surface area contributed by atoms with Crippen LogP contribution in [0, 0.1) is 0 Å². The third-order valence-corrected chi connectivity index (χ3v) is 4.98. The third kappa shape index (κ3) is 3.72. The normalized spacial score (nSPS) is 14.1. The maximum absolute atomic E-state index is 12.6. The molecule has 27 heavy (non-hydrogen) atoms. The van der Waals surface area contributed by atoms with Crippen LogP contribution in [-0.2, 0) is 11.3 Å². The zero-order valence-corrected chi connectivity index (χ0v) is 15.8. The maximum atomic E-state index is 12.6. The number of fused-ring (bicyclic) bond motifs is 3. The molecule has 6 heteroatoms. The van der Waals surface area contributed by atoms with E-state index in [-0.39, 0.29) is 5.63 Å². The second-order valence-corrected chi connectivity index (χ2v) is 7.02. The zero-order chi connectivity index (χ0) is 18.8. The molecule has 3 aromatic rings. The van der Waals surface area contributed by atoms with E-state index in [2.05, 4.69) is 4.90 Å². The third-order valence-electron chi connectivity index (χ3n) is 4.72. The number of nitrogens with zero attached hydrogens (tertiary/aromatic N) is 1. The van der Waals surface area contributed by atoms with Gasteiger partial charge in [-0.15, -0.1) is 0 Å². The zero-order valence-electron chi connectivity index (χ0n) is 15.0. The van der Waals surface area contributed by atoms with Gasteiger partial charge in [-0.2, -0.15) is 0 Å². The highest BCUT2D eigenvalue weighted by Crippen LogP contribution is 2.33. The molecule has 0 saturated heterocycles. The van der Waals surface area contributed by atoms with E-state index in [1.165, 1.54) is 0 Å². The van der Waals surface area contributed by atoms with Crippen molar-refractivity contribution in [1.29, 1.82) is 0 Å². The molecule has 140 valence electrons. The summed E-state index contributed by atoms with van der Waals surface area (Å²) in [6, 6.07) is 12.9. The number of ether oxygens (including phenoxy) is 2. The van der Waals surface area contributed by atoms with Crippen molar-refractivity contribution in [2.75, 3.05) is 27.0 Å². The summed E-state index contributed by atoms with van der Waals surface area (Å²) in [5.74, 6) is 0.771. The molecule has 0 amide bonds. The van der Waals surface area contributed by atoms with E-state index in [0.717, 1.165) is 35.2 Å². The van der Waals surface area contributed by atoms with Gasteiger partial charge in [-0.1, -0.05) is 23.7 Å². The van der Waals surface area contributed by atoms with Crippen LogP contribution < -0.4 is 10.4 Å². The quantitative estimate of drug-likeness (QED) is 0.484. The van der Waals surface area contributed by atoms with E-state index in [1.807, 2.05) is 30.3 Å². The highest BCUT2D eigenvalue weighted by molar-refractivity contribution is 6.30. The molecule has 1 aromatic heterocycles. The lowest BCUT2D eigenvalue weighted by atomic mass is 10.0. The molecule has 0 fully saturated rings. The van der Waals surface area contributed by atoms with E-state index >= 15 is 0 Å². The molecule has 1 aliphatic rings. The van der Waals surface area contributed by atoms with Gasteiger partial charge in [0.05, 0.1) is 11.1 Å². The van der Waals surface area contributed by atoms with Crippen LogP contribution in [0.4, 0.5) is 0 Å². The minimum absolute atomic E-state index is 0.366. The van der Waals surface area contributed by atoms with Gasteiger partial charge in [-0.3, -0.25) is 4.90 Å². The SMILES string of the molecule is COCCCN1COc2ccc3cc(-c4ccc(Cl)cc4)c(=O)oc3c2C1. The fraction of sp³-hybridized carbons (Fsp3) is 0.286. The molecule has 4 rings (SSSR count). The molecular weight excluding hydrogens is 366 g/mol. The Bertz CT molecular complexity index is 1010. The van der Waals surface area contributed by atoms with Crippen LogP contribution in [0.5, 0.6) is 5.75 Å². The number of halogens is 1. The van der Waals surface area contributed by atoms with Gasteiger partial charge in [0.25, 0.3) is 0 Å². The highest BCUT2D eigenvalue weighted by atomic mass is 35.5. The van der Waals surface area contributed by atoms with Crippen LogP contribution in [0.2, 0.25) is 5.02 Å². The second-order valence-electron chi connectivity index (χ2n) is 6.59. The molecule has 2 heterocycles. The van der Waals surface area contributed by atoms with Crippen molar-refractivity contribution < 1.29 is 13.9 Å².